The maximum absolute atomic E-state index is 13.4. The van der Waals surface area contributed by atoms with Gasteiger partial charge in [0.25, 0.3) is 0 Å². The summed E-state index contributed by atoms with van der Waals surface area (Å²) in [5.74, 6) is -0.746. The number of carbonyl (C=O) groups is 3. The first-order chi connectivity index (χ1) is 16.0. The van der Waals surface area contributed by atoms with Crippen molar-refractivity contribution in [3.8, 4) is 0 Å². The molecule has 0 aliphatic heterocycles. The van der Waals surface area contributed by atoms with Crippen LogP contribution in [0.5, 0.6) is 0 Å². The van der Waals surface area contributed by atoms with Crippen LogP contribution in [0.2, 0.25) is 0 Å². The molecule has 0 saturated heterocycles. The molecule has 9 heteroatoms. The first-order valence-electron chi connectivity index (χ1n) is 11.3. The van der Waals surface area contributed by atoms with Gasteiger partial charge >= 0.3 is 0 Å². The number of nitrogens with zero attached hydrogens (tertiary/aromatic N) is 2. The molecule has 178 valence electrons. The van der Waals surface area contributed by atoms with Crippen molar-refractivity contribution in [1.29, 1.82) is 0 Å². The summed E-state index contributed by atoms with van der Waals surface area (Å²) in [7, 11) is 1.56. The fourth-order valence-electron chi connectivity index (χ4n) is 4.00. The quantitative estimate of drug-likeness (QED) is 0.522. The van der Waals surface area contributed by atoms with E-state index < -0.39 is 6.04 Å². The number of nitrogens with one attached hydrogen (secondary N) is 2. The number of aryl methyl sites for hydroxylation is 1. The van der Waals surface area contributed by atoms with Crippen molar-refractivity contribution in [2.24, 2.45) is 0 Å². The van der Waals surface area contributed by atoms with Crippen molar-refractivity contribution in [1.82, 2.24) is 15.2 Å². The lowest BCUT2D eigenvalue weighted by molar-refractivity contribution is -0.142. The number of hydrogen-bond acceptors (Lipinski definition) is 6. The summed E-state index contributed by atoms with van der Waals surface area (Å²) in [5.41, 5.74) is 1.57. The molecule has 2 N–H and O–H groups in total. The number of carbonyl (C=O) groups excluding carboxylic acids is 3. The second-order valence-electron chi connectivity index (χ2n) is 8.23. The standard InChI is InChI=1S/C24H32N4O4S/c1-17-16-33-24(25-17)27-20(29)12-13-21(30)28(14-15-32-2)22(18-8-4-3-5-9-18)23(31)26-19-10-6-7-11-19/h3-5,8-9,16,19,22H,6-7,10-15H2,1-2H3,(H,26,31)(H,25,27,29)/t22-/m1/s1. The van der Waals surface area contributed by atoms with Crippen LogP contribution in [0.15, 0.2) is 35.7 Å². The van der Waals surface area contributed by atoms with Gasteiger partial charge in [-0.05, 0) is 25.3 Å². The highest BCUT2D eigenvalue weighted by Gasteiger charge is 2.32. The fraction of sp³-hybridized carbons (Fsp3) is 0.500. The van der Waals surface area contributed by atoms with Gasteiger partial charge in [0.15, 0.2) is 5.13 Å². The van der Waals surface area contributed by atoms with Crippen LogP contribution in [0.4, 0.5) is 5.13 Å². The Kier molecular flexibility index (Phi) is 9.38. The molecule has 2 aromatic rings. The molecule has 0 bridgehead atoms. The zero-order chi connectivity index (χ0) is 23.6. The smallest absolute Gasteiger partial charge is 0.247 e. The topological polar surface area (TPSA) is 101 Å². The summed E-state index contributed by atoms with van der Waals surface area (Å²) in [6.45, 7) is 2.39. The van der Waals surface area contributed by atoms with Gasteiger partial charge in [-0.1, -0.05) is 43.2 Å². The summed E-state index contributed by atoms with van der Waals surface area (Å²) >= 11 is 1.34. The number of aromatic nitrogens is 1. The molecule has 1 aliphatic rings. The van der Waals surface area contributed by atoms with Crippen molar-refractivity contribution in [2.75, 3.05) is 25.6 Å². The third kappa shape index (κ3) is 7.36. The van der Waals surface area contributed by atoms with Gasteiger partial charge in [-0.3, -0.25) is 14.4 Å². The normalized spacial score (nSPS) is 14.6. The molecule has 1 aromatic heterocycles. The maximum atomic E-state index is 13.4. The Morgan fingerprint density at radius 3 is 2.55 bits per heavy atom. The monoisotopic (exact) mass is 472 g/mol. The highest BCUT2D eigenvalue weighted by molar-refractivity contribution is 7.13. The lowest BCUT2D eigenvalue weighted by atomic mass is 10.0. The SMILES string of the molecule is COCCN(C(=O)CCC(=O)Nc1nc(C)cs1)[C@@H](C(=O)NC1CCCC1)c1ccccc1. The van der Waals surface area contributed by atoms with E-state index in [2.05, 4.69) is 15.6 Å². The zero-order valence-electron chi connectivity index (χ0n) is 19.2. The zero-order valence-corrected chi connectivity index (χ0v) is 20.0. The van der Waals surface area contributed by atoms with Crippen LogP contribution < -0.4 is 10.6 Å². The molecule has 3 amide bonds. The van der Waals surface area contributed by atoms with Gasteiger partial charge in [-0.2, -0.15) is 0 Å². The number of hydrogen-bond donors (Lipinski definition) is 2. The Hall–Kier alpha value is -2.78. The van der Waals surface area contributed by atoms with E-state index in [0.717, 1.165) is 36.9 Å². The minimum atomic E-state index is -0.779. The van der Waals surface area contributed by atoms with Gasteiger partial charge in [-0.15, -0.1) is 11.3 Å². The molecule has 0 unspecified atom stereocenters. The predicted molar refractivity (Wildman–Crippen MR) is 128 cm³/mol. The van der Waals surface area contributed by atoms with Crippen molar-refractivity contribution < 1.29 is 19.1 Å². The van der Waals surface area contributed by atoms with E-state index >= 15 is 0 Å². The van der Waals surface area contributed by atoms with Crippen LogP contribution in [0, 0.1) is 6.92 Å². The number of ether oxygens (including phenoxy) is 1. The first-order valence-corrected chi connectivity index (χ1v) is 12.2. The van der Waals surface area contributed by atoms with Crippen LogP contribution in [0.3, 0.4) is 0 Å². The summed E-state index contributed by atoms with van der Waals surface area (Å²) in [6, 6.07) is 8.64. The van der Waals surface area contributed by atoms with Crippen LogP contribution in [0.1, 0.15) is 55.8 Å². The number of thiazole rings is 1. The molecular formula is C24H32N4O4S. The first kappa shape index (κ1) is 24.9. The van der Waals surface area contributed by atoms with E-state index in [4.69, 9.17) is 4.74 Å². The van der Waals surface area contributed by atoms with Gasteiger partial charge in [0.1, 0.15) is 6.04 Å². The minimum Gasteiger partial charge on any atom is -0.383 e. The molecule has 1 aromatic carbocycles. The maximum Gasteiger partial charge on any atom is 0.247 e. The van der Waals surface area contributed by atoms with E-state index in [0.29, 0.717) is 5.13 Å². The molecule has 0 radical (unpaired) electrons. The van der Waals surface area contributed by atoms with Gasteiger partial charge in [0, 0.05) is 37.9 Å². The number of anilines is 1. The molecule has 3 rings (SSSR count). The number of amides is 3. The summed E-state index contributed by atoms with van der Waals surface area (Å²) < 4.78 is 5.22. The van der Waals surface area contributed by atoms with Crippen LogP contribution in [-0.4, -0.2) is 53.9 Å². The molecule has 0 spiro atoms. The summed E-state index contributed by atoms with van der Waals surface area (Å²) in [6.07, 6.45) is 4.10. The average molecular weight is 473 g/mol. The molecule has 1 saturated carbocycles. The third-order valence-electron chi connectivity index (χ3n) is 5.66. The highest BCUT2D eigenvalue weighted by Crippen LogP contribution is 2.25. The number of methoxy groups -OCH3 is 1. The molecular weight excluding hydrogens is 440 g/mol. The molecule has 8 nitrogen and oxygen atoms in total. The van der Waals surface area contributed by atoms with Crippen molar-refractivity contribution in [3.63, 3.8) is 0 Å². The van der Waals surface area contributed by atoms with Crippen molar-refractivity contribution in [3.05, 3.63) is 47.0 Å². The Balaban J connectivity index is 1.72. The molecule has 1 aliphatic carbocycles. The summed E-state index contributed by atoms with van der Waals surface area (Å²) in [4.78, 5) is 44.7. The van der Waals surface area contributed by atoms with Crippen LogP contribution >= 0.6 is 11.3 Å². The van der Waals surface area contributed by atoms with E-state index in [1.807, 2.05) is 42.6 Å². The summed E-state index contributed by atoms with van der Waals surface area (Å²) in [5, 5.41) is 8.22. The van der Waals surface area contributed by atoms with Crippen LogP contribution in [-0.2, 0) is 19.1 Å². The van der Waals surface area contributed by atoms with E-state index in [1.54, 1.807) is 7.11 Å². The number of benzene rings is 1. The number of rotatable bonds is 11. The predicted octanol–water partition coefficient (Wildman–Crippen LogP) is 3.45. The second-order valence-corrected chi connectivity index (χ2v) is 9.08. The average Bonchev–Trinajstić information content (AvgIpc) is 3.47. The Morgan fingerprint density at radius 1 is 1.18 bits per heavy atom. The fourth-order valence-corrected chi connectivity index (χ4v) is 4.71. The van der Waals surface area contributed by atoms with E-state index in [9.17, 15) is 14.4 Å². The van der Waals surface area contributed by atoms with Crippen LogP contribution in [0.25, 0.3) is 0 Å². The highest BCUT2D eigenvalue weighted by atomic mass is 32.1. The Morgan fingerprint density at radius 2 is 1.91 bits per heavy atom. The molecule has 33 heavy (non-hydrogen) atoms. The van der Waals surface area contributed by atoms with Gasteiger partial charge in [0.05, 0.1) is 12.3 Å². The molecule has 1 atom stereocenters. The lowest BCUT2D eigenvalue weighted by Gasteiger charge is -2.32. The van der Waals surface area contributed by atoms with Gasteiger partial charge < -0.3 is 20.3 Å². The van der Waals surface area contributed by atoms with Crippen molar-refractivity contribution >= 4 is 34.2 Å². The Bertz CT molecular complexity index is 928. The van der Waals surface area contributed by atoms with Gasteiger partial charge in [-0.25, -0.2) is 4.98 Å². The van der Waals surface area contributed by atoms with Crippen molar-refractivity contribution in [2.45, 2.75) is 57.5 Å². The minimum absolute atomic E-state index is 0.00664. The Labute approximate surface area is 198 Å². The van der Waals surface area contributed by atoms with E-state index in [-0.39, 0.29) is 49.8 Å². The molecule has 1 heterocycles. The largest absolute Gasteiger partial charge is 0.383 e. The third-order valence-corrected chi connectivity index (χ3v) is 6.54. The second kappa shape index (κ2) is 12.5. The molecule has 1 fully saturated rings. The van der Waals surface area contributed by atoms with Gasteiger partial charge in [0.2, 0.25) is 17.7 Å². The van der Waals surface area contributed by atoms with E-state index in [1.165, 1.54) is 16.2 Å². The lowest BCUT2D eigenvalue weighted by Crippen LogP contribution is -2.47.